The summed E-state index contributed by atoms with van der Waals surface area (Å²) in [5.74, 6) is 0. The third-order valence-electron chi connectivity index (χ3n) is 9.64. The van der Waals surface area contributed by atoms with Gasteiger partial charge in [-0.25, -0.2) is 0 Å². The Balaban J connectivity index is 1.30. The summed E-state index contributed by atoms with van der Waals surface area (Å²) in [4.78, 5) is 0. The normalized spacial score (nSPS) is 11.1. The zero-order chi connectivity index (χ0) is 34.1. The van der Waals surface area contributed by atoms with Crippen molar-refractivity contribution in [2.75, 3.05) is 0 Å². The van der Waals surface area contributed by atoms with Crippen molar-refractivity contribution >= 4 is 50.6 Å². The summed E-state index contributed by atoms with van der Waals surface area (Å²) in [7, 11) is -2.93. The van der Waals surface area contributed by atoms with E-state index in [9.17, 15) is 15.8 Å². The summed E-state index contributed by atoms with van der Waals surface area (Å²) in [6.07, 6.45) is 0. The minimum Gasteiger partial charge on any atom is -0.309 e. The number of aromatic nitrogens is 1. The molecule has 0 fully saturated rings. The molecule has 0 saturated heterocycles. The molecule has 5 heteroatoms. The molecular formula is C45H28N4Si-. The Hall–Kier alpha value is -6.97. The summed E-state index contributed by atoms with van der Waals surface area (Å²) in [5.41, 5.74) is 6.95. The summed E-state index contributed by atoms with van der Waals surface area (Å²) < 4.78 is 2.19. The minimum atomic E-state index is -2.93. The van der Waals surface area contributed by atoms with Gasteiger partial charge in [0.05, 0.1) is 40.4 Å². The third kappa shape index (κ3) is 4.88. The maximum absolute atomic E-state index is 10.4. The molecular weight excluding hydrogens is 625 g/mol. The average Bonchev–Trinajstić information content (AvgIpc) is 3.52. The molecule has 8 rings (SSSR count). The summed E-state index contributed by atoms with van der Waals surface area (Å²) in [6, 6.07) is 65.2. The monoisotopic (exact) mass is 652 g/mol. The average molecular weight is 653 g/mol. The van der Waals surface area contributed by atoms with Gasteiger partial charge in [0.1, 0.15) is 0 Å². The lowest BCUT2D eigenvalue weighted by molar-refractivity contribution is 1.18. The second-order valence-electron chi connectivity index (χ2n) is 12.3. The van der Waals surface area contributed by atoms with Crippen LogP contribution >= 0.6 is 0 Å². The molecule has 0 aliphatic rings. The van der Waals surface area contributed by atoms with E-state index >= 15 is 0 Å². The molecule has 7 aromatic carbocycles. The first-order valence-corrected chi connectivity index (χ1v) is 18.4. The topological polar surface area (TPSA) is 76.3 Å². The van der Waals surface area contributed by atoms with Crippen LogP contribution in [-0.2, 0) is 0 Å². The molecule has 0 aliphatic carbocycles. The lowest BCUT2D eigenvalue weighted by Crippen LogP contribution is -2.75. The van der Waals surface area contributed by atoms with Crippen LogP contribution in [0.2, 0.25) is 0 Å². The number of hydrogen-bond acceptors (Lipinski definition) is 3. The lowest BCUT2D eigenvalue weighted by atomic mass is 10.1. The van der Waals surface area contributed by atoms with Crippen molar-refractivity contribution in [2.24, 2.45) is 0 Å². The van der Waals surface area contributed by atoms with Crippen LogP contribution in [0.4, 0.5) is 0 Å². The highest BCUT2D eigenvalue weighted by molar-refractivity contribution is 7.20. The maximum Gasteiger partial charge on any atom is 0.0991 e. The third-order valence-corrected chi connectivity index (χ3v) is 14.5. The smallest absolute Gasteiger partial charge is 0.0991 e. The zero-order valence-electron chi connectivity index (χ0n) is 27.0. The second-order valence-corrected chi connectivity index (χ2v) is 16.1. The minimum absolute atomic E-state index is 0.581. The van der Waals surface area contributed by atoms with Crippen LogP contribution in [-0.4, -0.2) is 12.6 Å². The number of nitrogens with zero attached hydrogens (tertiary/aromatic N) is 4. The fraction of sp³-hybridized carbons (Fsp3) is 0. The maximum atomic E-state index is 10.4. The van der Waals surface area contributed by atoms with Crippen molar-refractivity contribution < 1.29 is 0 Å². The van der Waals surface area contributed by atoms with Crippen LogP contribution in [0.25, 0.3) is 38.6 Å². The molecule has 0 atom stereocenters. The second kappa shape index (κ2) is 12.6. The Morgan fingerprint density at radius 1 is 0.420 bits per heavy atom. The van der Waals surface area contributed by atoms with E-state index in [-0.39, 0.29) is 0 Å². The zero-order valence-corrected chi connectivity index (χ0v) is 28.0. The predicted octanol–water partition coefficient (Wildman–Crippen LogP) is 7.44. The van der Waals surface area contributed by atoms with Crippen molar-refractivity contribution in [1.82, 2.24) is 4.57 Å². The first-order chi connectivity index (χ1) is 24.6. The molecule has 1 heterocycles. The molecule has 0 N–H and O–H groups in total. The molecule has 0 saturated carbocycles. The van der Waals surface area contributed by atoms with E-state index in [1.807, 2.05) is 66.7 Å². The molecule has 50 heavy (non-hydrogen) atoms. The summed E-state index contributed by atoms with van der Waals surface area (Å²) >= 11 is 0. The van der Waals surface area contributed by atoms with Crippen LogP contribution in [0.3, 0.4) is 0 Å². The molecule has 0 aliphatic heterocycles. The van der Waals surface area contributed by atoms with E-state index in [1.54, 1.807) is 0 Å². The van der Waals surface area contributed by atoms with E-state index < -0.39 is 8.07 Å². The van der Waals surface area contributed by atoms with Gasteiger partial charge in [0.2, 0.25) is 0 Å². The number of benzene rings is 7. The molecule has 0 spiro atoms. The first-order valence-electron chi connectivity index (χ1n) is 16.4. The van der Waals surface area contributed by atoms with Crippen molar-refractivity contribution in [3.05, 3.63) is 187 Å². The Morgan fingerprint density at radius 3 is 1.52 bits per heavy atom. The SMILES string of the molecule is N#Cc1ccc2c(c1)c1cc(C#N)ccc1n2-c1ccc(-c2cccc([Si-](c3ccccc3)(c3ccccc3)c3ccccc3C#N)c2)cc1. The van der Waals surface area contributed by atoms with Gasteiger partial charge in [0.25, 0.3) is 0 Å². The highest BCUT2D eigenvalue weighted by Crippen LogP contribution is 2.34. The number of fused-ring (bicyclic) bond motifs is 3. The molecule has 0 unspecified atom stereocenters. The molecule has 8 aromatic rings. The van der Waals surface area contributed by atoms with Crippen LogP contribution in [0.1, 0.15) is 16.7 Å². The van der Waals surface area contributed by atoms with E-state index in [0.717, 1.165) is 43.8 Å². The molecule has 0 bridgehead atoms. The highest BCUT2D eigenvalue weighted by Gasteiger charge is 2.30. The van der Waals surface area contributed by atoms with Crippen LogP contribution in [0.5, 0.6) is 0 Å². The van der Waals surface area contributed by atoms with Gasteiger partial charge in [-0.2, -0.15) is 36.5 Å². The van der Waals surface area contributed by atoms with Gasteiger partial charge in [0.15, 0.2) is 0 Å². The highest BCUT2D eigenvalue weighted by atomic mass is 28.3. The van der Waals surface area contributed by atoms with Crippen molar-refractivity contribution in [1.29, 1.82) is 15.8 Å². The van der Waals surface area contributed by atoms with E-state index in [1.165, 1.54) is 15.6 Å². The van der Waals surface area contributed by atoms with Gasteiger partial charge in [-0.3, -0.25) is 0 Å². The molecule has 0 amide bonds. The first kappa shape index (κ1) is 30.4. The van der Waals surface area contributed by atoms with Gasteiger partial charge in [0, 0.05) is 22.0 Å². The van der Waals surface area contributed by atoms with Crippen molar-refractivity contribution in [3.63, 3.8) is 0 Å². The molecule has 4 nitrogen and oxygen atoms in total. The van der Waals surface area contributed by atoms with E-state index in [4.69, 9.17) is 0 Å². The number of rotatable bonds is 6. The fourth-order valence-electron chi connectivity index (χ4n) is 7.43. The quantitative estimate of drug-likeness (QED) is 0.138. The Morgan fingerprint density at radius 2 is 0.960 bits per heavy atom. The van der Waals surface area contributed by atoms with Crippen LogP contribution in [0, 0.1) is 34.0 Å². The van der Waals surface area contributed by atoms with Crippen LogP contribution in [0.15, 0.2) is 170 Å². The van der Waals surface area contributed by atoms with Gasteiger partial charge >= 0.3 is 0 Å². The number of hydrogen-bond donors (Lipinski definition) is 0. The van der Waals surface area contributed by atoms with Gasteiger partial charge < -0.3 is 4.57 Å². The Labute approximate surface area is 291 Å². The van der Waals surface area contributed by atoms with Gasteiger partial charge in [-0.05, 0) is 73.8 Å². The van der Waals surface area contributed by atoms with Gasteiger partial charge in [-0.15, -0.1) is 0 Å². The molecule has 233 valence electrons. The largest absolute Gasteiger partial charge is 0.309 e. The van der Waals surface area contributed by atoms with Crippen LogP contribution < -0.4 is 20.7 Å². The van der Waals surface area contributed by atoms with Crippen molar-refractivity contribution in [2.45, 2.75) is 0 Å². The van der Waals surface area contributed by atoms with E-state index in [0.29, 0.717) is 16.7 Å². The summed E-state index contributed by atoms with van der Waals surface area (Å²) in [6.45, 7) is 0. The Bertz CT molecular complexity index is 2560. The standard InChI is InChI=1S/C45H28N4Si/c46-29-32-18-24-43-41(26-32)42-27-33(30-47)19-25-44(42)49(43)37-22-20-34(21-23-37)35-11-9-16-40(28-35)50(38-12-3-1-4-13-38,39-14-5-2-6-15-39)45-17-8-7-10-36(45)31-48/h1-28H/q-1. The summed E-state index contributed by atoms with van der Waals surface area (Å²) in [5, 5.41) is 36.2. The van der Waals surface area contributed by atoms with E-state index in [2.05, 4.69) is 126 Å². The predicted molar refractivity (Wildman–Crippen MR) is 204 cm³/mol. The molecule has 0 radical (unpaired) electrons. The lowest BCUT2D eigenvalue weighted by Gasteiger charge is -2.47. The van der Waals surface area contributed by atoms with Gasteiger partial charge in [-0.1, -0.05) is 115 Å². The number of nitriles is 3. The molecule has 1 aromatic heterocycles. The Kier molecular flexibility index (Phi) is 7.63. The fourth-order valence-corrected chi connectivity index (χ4v) is 12.4. The van der Waals surface area contributed by atoms with Crippen molar-refractivity contribution in [3.8, 4) is 35.0 Å².